The largest absolute Gasteiger partial charge is 0.497 e. The number of carbonyl (C=O) groups excluding carboxylic acids is 2. The third-order valence-corrected chi connectivity index (χ3v) is 5.12. The van der Waals surface area contributed by atoms with Crippen LogP contribution in [0.2, 0.25) is 0 Å². The molecule has 9 heteroatoms. The maximum Gasteiger partial charge on any atom is 0.337 e. The lowest BCUT2D eigenvalue weighted by molar-refractivity contribution is 0.0600. The monoisotopic (exact) mass is 457 g/mol. The SMILES string of the molecule is COC(=O)c1ccc(CNC(=O)c2cccc(-c3nnn(Cc4cccc(OC)c4)n3)c2)cc1. The number of rotatable bonds is 8. The first-order valence-electron chi connectivity index (χ1n) is 10.5. The number of tetrazole rings is 1. The molecule has 0 aliphatic heterocycles. The molecule has 3 aromatic carbocycles. The number of hydrogen-bond acceptors (Lipinski definition) is 7. The quantitative estimate of drug-likeness (QED) is 0.405. The Kier molecular flexibility index (Phi) is 6.92. The minimum Gasteiger partial charge on any atom is -0.497 e. The van der Waals surface area contributed by atoms with Crippen molar-refractivity contribution in [3.8, 4) is 17.1 Å². The van der Waals surface area contributed by atoms with Crippen molar-refractivity contribution >= 4 is 11.9 Å². The highest BCUT2D eigenvalue weighted by molar-refractivity contribution is 5.95. The van der Waals surface area contributed by atoms with Crippen molar-refractivity contribution in [2.75, 3.05) is 14.2 Å². The van der Waals surface area contributed by atoms with Gasteiger partial charge in [0.1, 0.15) is 5.75 Å². The van der Waals surface area contributed by atoms with Gasteiger partial charge in [-0.25, -0.2) is 4.79 Å². The second-order valence-electron chi connectivity index (χ2n) is 7.45. The molecular weight excluding hydrogens is 434 g/mol. The molecule has 0 radical (unpaired) electrons. The van der Waals surface area contributed by atoms with E-state index in [0.29, 0.717) is 35.6 Å². The second kappa shape index (κ2) is 10.4. The van der Waals surface area contributed by atoms with E-state index in [2.05, 4.69) is 20.7 Å². The van der Waals surface area contributed by atoms with E-state index in [1.807, 2.05) is 30.3 Å². The van der Waals surface area contributed by atoms with Crippen molar-refractivity contribution in [3.63, 3.8) is 0 Å². The van der Waals surface area contributed by atoms with Gasteiger partial charge >= 0.3 is 5.97 Å². The molecule has 1 N–H and O–H groups in total. The molecule has 34 heavy (non-hydrogen) atoms. The summed E-state index contributed by atoms with van der Waals surface area (Å²) < 4.78 is 9.94. The van der Waals surface area contributed by atoms with Crippen LogP contribution < -0.4 is 10.1 Å². The highest BCUT2D eigenvalue weighted by Gasteiger charge is 2.11. The Bertz CT molecular complexity index is 1300. The van der Waals surface area contributed by atoms with Gasteiger partial charge in [0, 0.05) is 17.7 Å². The van der Waals surface area contributed by atoms with Crippen molar-refractivity contribution in [1.82, 2.24) is 25.5 Å². The molecule has 0 fully saturated rings. The molecular formula is C25H23N5O4. The predicted molar refractivity (Wildman–Crippen MR) is 124 cm³/mol. The highest BCUT2D eigenvalue weighted by Crippen LogP contribution is 2.17. The fourth-order valence-corrected chi connectivity index (χ4v) is 3.32. The molecule has 0 bridgehead atoms. The van der Waals surface area contributed by atoms with Gasteiger partial charge in [0.05, 0.1) is 26.3 Å². The summed E-state index contributed by atoms with van der Waals surface area (Å²) in [5, 5.41) is 15.6. The summed E-state index contributed by atoms with van der Waals surface area (Å²) in [6.45, 7) is 0.763. The number of benzene rings is 3. The fraction of sp³-hybridized carbons (Fsp3) is 0.160. The topological polar surface area (TPSA) is 108 Å². The van der Waals surface area contributed by atoms with Gasteiger partial charge in [0.2, 0.25) is 5.82 Å². The zero-order chi connectivity index (χ0) is 23.9. The smallest absolute Gasteiger partial charge is 0.337 e. The Hall–Kier alpha value is -4.53. The minimum atomic E-state index is -0.401. The summed E-state index contributed by atoms with van der Waals surface area (Å²) in [6.07, 6.45) is 0. The third kappa shape index (κ3) is 5.44. The van der Waals surface area contributed by atoms with Gasteiger partial charge in [0.25, 0.3) is 5.91 Å². The van der Waals surface area contributed by atoms with E-state index in [1.165, 1.54) is 11.9 Å². The lowest BCUT2D eigenvalue weighted by atomic mass is 10.1. The average Bonchev–Trinajstić information content (AvgIpc) is 3.35. The number of aromatic nitrogens is 4. The first-order chi connectivity index (χ1) is 16.6. The summed E-state index contributed by atoms with van der Waals surface area (Å²) in [5.74, 6) is 0.552. The summed E-state index contributed by atoms with van der Waals surface area (Å²) in [7, 11) is 2.95. The first kappa shape index (κ1) is 22.7. The molecule has 9 nitrogen and oxygen atoms in total. The van der Waals surface area contributed by atoms with Crippen LogP contribution in [0.15, 0.2) is 72.8 Å². The number of amides is 1. The van der Waals surface area contributed by atoms with Crippen LogP contribution in [0.25, 0.3) is 11.4 Å². The lowest BCUT2D eigenvalue weighted by Crippen LogP contribution is -2.22. The van der Waals surface area contributed by atoms with E-state index in [9.17, 15) is 9.59 Å². The number of esters is 1. The molecule has 0 aliphatic rings. The van der Waals surface area contributed by atoms with Crippen molar-refractivity contribution in [2.24, 2.45) is 0 Å². The van der Waals surface area contributed by atoms with Gasteiger partial charge in [0.15, 0.2) is 0 Å². The van der Waals surface area contributed by atoms with Gasteiger partial charge in [-0.2, -0.15) is 4.80 Å². The van der Waals surface area contributed by atoms with Gasteiger partial charge in [-0.3, -0.25) is 4.79 Å². The van der Waals surface area contributed by atoms with Crippen LogP contribution in [0.4, 0.5) is 0 Å². The molecule has 172 valence electrons. The van der Waals surface area contributed by atoms with Crippen molar-refractivity contribution in [3.05, 3.63) is 95.1 Å². The third-order valence-electron chi connectivity index (χ3n) is 5.12. The van der Waals surface area contributed by atoms with E-state index in [0.717, 1.165) is 16.9 Å². The summed E-state index contributed by atoms with van der Waals surface area (Å²) in [6, 6.07) is 21.6. The molecule has 4 rings (SSSR count). The van der Waals surface area contributed by atoms with Gasteiger partial charge < -0.3 is 14.8 Å². The first-order valence-corrected chi connectivity index (χ1v) is 10.5. The Labute approximate surface area is 196 Å². The number of methoxy groups -OCH3 is 2. The molecule has 4 aromatic rings. The molecule has 1 aromatic heterocycles. The lowest BCUT2D eigenvalue weighted by Gasteiger charge is -2.07. The van der Waals surface area contributed by atoms with Crippen molar-refractivity contribution < 1.29 is 19.1 Å². The number of nitrogens with zero attached hydrogens (tertiary/aromatic N) is 4. The van der Waals surface area contributed by atoms with Crippen LogP contribution in [0.1, 0.15) is 31.8 Å². The summed E-state index contributed by atoms with van der Waals surface area (Å²) >= 11 is 0. The molecule has 1 heterocycles. The van der Waals surface area contributed by atoms with Crippen LogP contribution >= 0.6 is 0 Å². The maximum atomic E-state index is 12.7. The number of carbonyl (C=O) groups is 2. The number of hydrogen-bond donors (Lipinski definition) is 1. The molecule has 0 unspecified atom stereocenters. The van der Waals surface area contributed by atoms with Crippen molar-refractivity contribution in [2.45, 2.75) is 13.1 Å². The van der Waals surface area contributed by atoms with Crippen molar-refractivity contribution in [1.29, 1.82) is 0 Å². The Morgan fingerprint density at radius 1 is 0.912 bits per heavy atom. The molecule has 0 aliphatic carbocycles. The Morgan fingerprint density at radius 3 is 2.47 bits per heavy atom. The van der Waals surface area contributed by atoms with Crippen LogP contribution in [0, 0.1) is 0 Å². The number of ether oxygens (including phenoxy) is 2. The highest BCUT2D eigenvalue weighted by atomic mass is 16.5. The summed E-state index contributed by atoms with van der Waals surface area (Å²) in [5.41, 5.74) is 3.47. The molecule has 0 saturated carbocycles. The average molecular weight is 457 g/mol. The van der Waals surface area contributed by atoms with E-state index < -0.39 is 5.97 Å². The molecule has 1 amide bonds. The van der Waals surface area contributed by atoms with Gasteiger partial charge in [-0.1, -0.05) is 36.4 Å². The predicted octanol–water partition coefficient (Wildman–Crippen LogP) is 3.11. The maximum absolute atomic E-state index is 12.7. The van der Waals surface area contributed by atoms with E-state index >= 15 is 0 Å². The molecule has 0 saturated heterocycles. The minimum absolute atomic E-state index is 0.234. The second-order valence-corrected chi connectivity index (χ2v) is 7.45. The van der Waals surface area contributed by atoms with Crippen LogP contribution in [0.5, 0.6) is 5.75 Å². The van der Waals surface area contributed by atoms with Crippen LogP contribution in [-0.4, -0.2) is 46.3 Å². The van der Waals surface area contributed by atoms with Crippen LogP contribution in [0.3, 0.4) is 0 Å². The van der Waals surface area contributed by atoms with Gasteiger partial charge in [-0.05, 0) is 52.7 Å². The molecule has 0 atom stereocenters. The Morgan fingerprint density at radius 2 is 1.71 bits per heavy atom. The summed E-state index contributed by atoms with van der Waals surface area (Å²) in [4.78, 5) is 25.7. The standard InChI is InChI=1S/C25H23N5O4/c1-33-22-8-3-5-18(13-22)16-30-28-23(27-29-30)20-6-4-7-21(14-20)24(31)26-15-17-9-11-19(12-10-17)25(32)34-2/h3-14H,15-16H2,1-2H3,(H,26,31). The normalized spacial score (nSPS) is 10.5. The zero-order valence-corrected chi connectivity index (χ0v) is 18.8. The number of nitrogens with one attached hydrogen (secondary N) is 1. The van der Waals surface area contributed by atoms with E-state index in [4.69, 9.17) is 9.47 Å². The van der Waals surface area contributed by atoms with E-state index in [1.54, 1.807) is 49.6 Å². The zero-order valence-electron chi connectivity index (χ0n) is 18.8. The van der Waals surface area contributed by atoms with Gasteiger partial charge in [-0.15, -0.1) is 10.2 Å². The van der Waals surface area contributed by atoms with Crippen LogP contribution in [-0.2, 0) is 17.8 Å². The molecule has 0 spiro atoms. The Balaban J connectivity index is 1.40. The fourth-order valence-electron chi connectivity index (χ4n) is 3.32. The van der Waals surface area contributed by atoms with E-state index in [-0.39, 0.29) is 5.91 Å².